The fourth-order valence-electron chi connectivity index (χ4n) is 1.23. The Morgan fingerprint density at radius 3 is 2.64 bits per heavy atom. The molecular weight excluding hydrogens is 178 g/mol. The molecule has 0 fully saturated rings. The number of nitrogens with zero attached hydrogens (tertiary/aromatic N) is 1. The Morgan fingerprint density at radius 2 is 2.14 bits per heavy atom. The molecule has 76 valence electrons. The molecule has 14 heavy (non-hydrogen) atoms. The summed E-state index contributed by atoms with van der Waals surface area (Å²) in [4.78, 5) is 11.4. The first-order valence-electron chi connectivity index (χ1n) is 4.37. The topological polar surface area (TPSA) is 72.4 Å². The first kappa shape index (κ1) is 10.7. The van der Waals surface area contributed by atoms with Gasteiger partial charge in [-0.3, -0.25) is 9.80 Å². The Balaban J connectivity index is 2.89. The molecule has 0 aliphatic heterocycles. The molecule has 1 aromatic rings. The van der Waals surface area contributed by atoms with Gasteiger partial charge in [0.25, 0.3) is 5.91 Å². The van der Waals surface area contributed by atoms with Crippen LogP contribution in [-0.2, 0) is 4.79 Å². The fraction of sp³-hybridized carbons (Fsp3) is 0.300. The number of aryl methyl sites for hydroxylation is 1. The van der Waals surface area contributed by atoms with E-state index in [9.17, 15) is 4.79 Å². The molecule has 0 heterocycles. The molecular formula is C10H15N3O. The third kappa shape index (κ3) is 2.31. The van der Waals surface area contributed by atoms with Crippen LogP contribution in [0, 0.1) is 6.92 Å². The van der Waals surface area contributed by atoms with Gasteiger partial charge in [-0.1, -0.05) is 29.8 Å². The van der Waals surface area contributed by atoms with Crippen molar-refractivity contribution in [1.29, 1.82) is 0 Å². The Morgan fingerprint density at radius 1 is 1.50 bits per heavy atom. The molecule has 1 unspecified atom stereocenters. The van der Waals surface area contributed by atoms with Crippen LogP contribution in [0.4, 0.5) is 0 Å². The molecule has 0 bridgehead atoms. The summed E-state index contributed by atoms with van der Waals surface area (Å²) in [6.45, 7) is 1.95. The lowest BCUT2D eigenvalue weighted by molar-refractivity contribution is -0.131. The van der Waals surface area contributed by atoms with Crippen LogP contribution in [-0.4, -0.2) is 18.0 Å². The van der Waals surface area contributed by atoms with Gasteiger partial charge in [-0.05, 0) is 12.5 Å². The fourth-order valence-corrected chi connectivity index (χ4v) is 1.23. The number of nitrogens with two attached hydrogens (primary N) is 2. The zero-order chi connectivity index (χ0) is 10.7. The van der Waals surface area contributed by atoms with Gasteiger partial charge in [0.15, 0.2) is 0 Å². The Kier molecular flexibility index (Phi) is 3.22. The second kappa shape index (κ2) is 4.21. The van der Waals surface area contributed by atoms with Crippen molar-refractivity contribution in [3.63, 3.8) is 0 Å². The van der Waals surface area contributed by atoms with Gasteiger partial charge in [-0.25, -0.2) is 5.84 Å². The molecule has 1 aromatic carbocycles. The highest BCUT2D eigenvalue weighted by Crippen LogP contribution is 2.13. The molecule has 0 saturated heterocycles. The molecule has 4 nitrogen and oxygen atoms in total. The smallest absolute Gasteiger partial charge is 0.257 e. The van der Waals surface area contributed by atoms with Crippen LogP contribution in [0.25, 0.3) is 0 Å². The molecule has 1 rings (SSSR count). The molecule has 0 aliphatic rings. The number of benzene rings is 1. The summed E-state index contributed by atoms with van der Waals surface area (Å²) >= 11 is 0. The van der Waals surface area contributed by atoms with E-state index in [0.717, 1.165) is 16.1 Å². The summed E-state index contributed by atoms with van der Waals surface area (Å²) in [5, 5.41) is 1.01. The monoisotopic (exact) mass is 193 g/mol. The summed E-state index contributed by atoms with van der Waals surface area (Å²) in [6.07, 6.45) is 0. The lowest BCUT2D eigenvalue weighted by Gasteiger charge is -2.16. The van der Waals surface area contributed by atoms with E-state index in [1.54, 1.807) is 0 Å². The van der Waals surface area contributed by atoms with Gasteiger partial charge in [-0.15, -0.1) is 0 Å². The zero-order valence-electron chi connectivity index (χ0n) is 8.40. The second-order valence-electron chi connectivity index (χ2n) is 3.34. The van der Waals surface area contributed by atoms with Crippen molar-refractivity contribution in [2.24, 2.45) is 11.6 Å². The predicted molar refractivity (Wildman–Crippen MR) is 55.1 cm³/mol. The van der Waals surface area contributed by atoms with Crippen molar-refractivity contribution in [1.82, 2.24) is 5.01 Å². The normalized spacial score (nSPS) is 12.3. The molecule has 1 amide bonds. The third-order valence-electron chi connectivity index (χ3n) is 2.01. The number of hydrogen-bond acceptors (Lipinski definition) is 3. The molecule has 0 aliphatic carbocycles. The number of hydrogen-bond donors (Lipinski definition) is 2. The molecule has 0 radical (unpaired) electrons. The number of carbonyl (C=O) groups excluding carboxylic acids is 1. The summed E-state index contributed by atoms with van der Waals surface area (Å²) in [5.74, 6) is 5.02. The molecule has 0 aromatic heterocycles. The molecule has 0 saturated carbocycles. The zero-order valence-corrected chi connectivity index (χ0v) is 8.40. The van der Waals surface area contributed by atoms with Gasteiger partial charge >= 0.3 is 0 Å². The van der Waals surface area contributed by atoms with E-state index in [2.05, 4.69) is 0 Å². The minimum atomic E-state index is -0.676. The Labute approximate surface area is 83.5 Å². The van der Waals surface area contributed by atoms with Crippen molar-refractivity contribution in [2.45, 2.75) is 13.0 Å². The van der Waals surface area contributed by atoms with Gasteiger partial charge in [-0.2, -0.15) is 0 Å². The van der Waals surface area contributed by atoms with E-state index in [0.29, 0.717) is 0 Å². The average Bonchev–Trinajstić information content (AvgIpc) is 2.15. The molecule has 4 heteroatoms. The van der Waals surface area contributed by atoms with Crippen molar-refractivity contribution < 1.29 is 4.79 Å². The van der Waals surface area contributed by atoms with Crippen LogP contribution in [0.1, 0.15) is 17.2 Å². The summed E-state index contributed by atoms with van der Waals surface area (Å²) in [6, 6.07) is 6.84. The quantitative estimate of drug-likeness (QED) is 0.404. The third-order valence-corrected chi connectivity index (χ3v) is 2.01. The standard InChI is InChI=1S/C10H15N3O/c1-7-4-3-5-8(6-7)9(11)10(14)13(2)12/h3-6,9H,11-12H2,1-2H3. The van der Waals surface area contributed by atoms with Crippen molar-refractivity contribution >= 4 is 5.91 Å². The van der Waals surface area contributed by atoms with Crippen LogP contribution >= 0.6 is 0 Å². The van der Waals surface area contributed by atoms with Crippen molar-refractivity contribution in [3.05, 3.63) is 35.4 Å². The van der Waals surface area contributed by atoms with Gasteiger partial charge in [0.1, 0.15) is 6.04 Å². The van der Waals surface area contributed by atoms with E-state index >= 15 is 0 Å². The number of amides is 1. The van der Waals surface area contributed by atoms with Crippen LogP contribution in [0.15, 0.2) is 24.3 Å². The van der Waals surface area contributed by atoms with Gasteiger partial charge in [0, 0.05) is 7.05 Å². The number of carbonyl (C=O) groups is 1. The first-order chi connectivity index (χ1) is 6.52. The highest BCUT2D eigenvalue weighted by Gasteiger charge is 2.17. The first-order valence-corrected chi connectivity index (χ1v) is 4.37. The lowest BCUT2D eigenvalue weighted by atomic mass is 10.0. The van der Waals surface area contributed by atoms with Gasteiger partial charge in [0.2, 0.25) is 0 Å². The maximum absolute atomic E-state index is 11.4. The molecule has 4 N–H and O–H groups in total. The van der Waals surface area contributed by atoms with Crippen LogP contribution in [0.2, 0.25) is 0 Å². The Hall–Kier alpha value is -1.39. The SMILES string of the molecule is Cc1cccc(C(N)C(=O)N(C)N)c1. The van der Waals surface area contributed by atoms with Gasteiger partial charge < -0.3 is 5.73 Å². The summed E-state index contributed by atoms with van der Waals surface area (Å²) < 4.78 is 0. The largest absolute Gasteiger partial charge is 0.316 e. The summed E-state index contributed by atoms with van der Waals surface area (Å²) in [5.41, 5.74) is 7.60. The number of rotatable bonds is 2. The van der Waals surface area contributed by atoms with Crippen molar-refractivity contribution in [2.75, 3.05) is 7.05 Å². The molecule has 0 spiro atoms. The summed E-state index contributed by atoms with van der Waals surface area (Å²) in [7, 11) is 1.48. The second-order valence-corrected chi connectivity index (χ2v) is 3.34. The predicted octanol–water partition coefficient (Wildman–Crippen LogP) is 0.327. The highest BCUT2D eigenvalue weighted by molar-refractivity contribution is 5.82. The lowest BCUT2D eigenvalue weighted by Crippen LogP contribution is -2.40. The van der Waals surface area contributed by atoms with Crippen molar-refractivity contribution in [3.8, 4) is 0 Å². The number of likely N-dealkylation sites (N-methyl/N-ethyl adjacent to an activating group) is 1. The minimum absolute atomic E-state index is 0.296. The van der Waals surface area contributed by atoms with Crippen LogP contribution in [0.3, 0.4) is 0 Å². The van der Waals surface area contributed by atoms with E-state index in [1.807, 2.05) is 31.2 Å². The van der Waals surface area contributed by atoms with Crippen LogP contribution < -0.4 is 11.6 Å². The maximum Gasteiger partial charge on any atom is 0.257 e. The van der Waals surface area contributed by atoms with E-state index in [-0.39, 0.29) is 5.91 Å². The minimum Gasteiger partial charge on any atom is -0.316 e. The van der Waals surface area contributed by atoms with E-state index < -0.39 is 6.04 Å². The molecule has 1 atom stereocenters. The maximum atomic E-state index is 11.4. The van der Waals surface area contributed by atoms with E-state index in [1.165, 1.54) is 7.05 Å². The average molecular weight is 193 g/mol. The number of hydrazine groups is 1. The van der Waals surface area contributed by atoms with Gasteiger partial charge in [0.05, 0.1) is 0 Å². The van der Waals surface area contributed by atoms with E-state index in [4.69, 9.17) is 11.6 Å². The highest BCUT2D eigenvalue weighted by atomic mass is 16.2. The Bertz CT molecular complexity index is 336. The van der Waals surface area contributed by atoms with Crippen LogP contribution in [0.5, 0.6) is 0 Å².